The maximum atomic E-state index is 12.0. The standard InChI is InChI=1S/C16H17N3O2S2/c1-3-21-16(20)13-10(2)12-14(18-9-19-15(12)23-13)17-7-6-11-5-4-8-22-11/h4-5,8-9H,3,6-7H2,1-2H3,(H,17,18,19). The van der Waals surface area contributed by atoms with Gasteiger partial charge in [-0.25, -0.2) is 14.8 Å². The van der Waals surface area contributed by atoms with Gasteiger partial charge in [0.2, 0.25) is 0 Å². The van der Waals surface area contributed by atoms with E-state index >= 15 is 0 Å². The van der Waals surface area contributed by atoms with E-state index in [1.165, 1.54) is 22.5 Å². The molecule has 3 aromatic heterocycles. The number of hydrogen-bond acceptors (Lipinski definition) is 7. The summed E-state index contributed by atoms with van der Waals surface area (Å²) < 4.78 is 5.11. The number of fused-ring (bicyclic) bond motifs is 1. The molecule has 5 nitrogen and oxygen atoms in total. The molecule has 0 atom stereocenters. The van der Waals surface area contributed by atoms with E-state index in [0.29, 0.717) is 11.5 Å². The van der Waals surface area contributed by atoms with Crippen LogP contribution in [0.5, 0.6) is 0 Å². The van der Waals surface area contributed by atoms with Crippen molar-refractivity contribution in [3.05, 3.63) is 39.2 Å². The maximum absolute atomic E-state index is 12.0. The number of carbonyl (C=O) groups is 1. The van der Waals surface area contributed by atoms with Crippen LogP contribution in [0.1, 0.15) is 27.0 Å². The number of aromatic nitrogens is 2. The summed E-state index contributed by atoms with van der Waals surface area (Å²) in [6.07, 6.45) is 2.47. The smallest absolute Gasteiger partial charge is 0.348 e. The minimum atomic E-state index is -0.294. The van der Waals surface area contributed by atoms with Crippen LogP contribution in [0.3, 0.4) is 0 Å². The quantitative estimate of drug-likeness (QED) is 0.685. The molecule has 0 unspecified atom stereocenters. The van der Waals surface area contributed by atoms with E-state index in [1.54, 1.807) is 18.3 Å². The predicted octanol–water partition coefficient (Wildman–Crippen LogP) is 3.89. The maximum Gasteiger partial charge on any atom is 0.348 e. The Morgan fingerprint density at radius 3 is 3.00 bits per heavy atom. The Morgan fingerprint density at radius 2 is 2.26 bits per heavy atom. The van der Waals surface area contributed by atoms with Crippen LogP contribution >= 0.6 is 22.7 Å². The second kappa shape index (κ2) is 7.06. The Hall–Kier alpha value is -1.99. The zero-order chi connectivity index (χ0) is 16.2. The van der Waals surface area contributed by atoms with Crippen LogP contribution in [0.15, 0.2) is 23.8 Å². The van der Waals surface area contributed by atoms with Crippen LogP contribution in [0.25, 0.3) is 10.2 Å². The number of ether oxygens (including phenoxy) is 1. The molecule has 0 amide bonds. The van der Waals surface area contributed by atoms with E-state index in [0.717, 1.165) is 34.6 Å². The van der Waals surface area contributed by atoms with Crippen molar-refractivity contribution in [3.8, 4) is 0 Å². The molecule has 0 fully saturated rings. The number of thiophene rings is 2. The van der Waals surface area contributed by atoms with Gasteiger partial charge in [0.1, 0.15) is 21.9 Å². The molecule has 0 aliphatic rings. The molecule has 3 rings (SSSR count). The summed E-state index contributed by atoms with van der Waals surface area (Å²) >= 11 is 3.10. The summed E-state index contributed by atoms with van der Waals surface area (Å²) in [7, 11) is 0. The average Bonchev–Trinajstić information content (AvgIpc) is 3.16. The molecule has 0 aliphatic heterocycles. The summed E-state index contributed by atoms with van der Waals surface area (Å²) in [6.45, 7) is 4.87. The molecule has 7 heteroatoms. The highest BCUT2D eigenvalue weighted by atomic mass is 32.1. The fourth-order valence-electron chi connectivity index (χ4n) is 2.36. The average molecular weight is 347 g/mol. The number of nitrogens with one attached hydrogen (secondary N) is 1. The van der Waals surface area contributed by atoms with Crippen LogP contribution < -0.4 is 5.32 Å². The summed E-state index contributed by atoms with van der Waals surface area (Å²) in [4.78, 5) is 23.4. The summed E-state index contributed by atoms with van der Waals surface area (Å²) in [5, 5.41) is 6.35. The minimum Gasteiger partial charge on any atom is -0.462 e. The zero-order valence-electron chi connectivity index (χ0n) is 13.0. The molecule has 0 aromatic carbocycles. The van der Waals surface area contributed by atoms with Crippen molar-refractivity contribution in [2.75, 3.05) is 18.5 Å². The largest absolute Gasteiger partial charge is 0.462 e. The van der Waals surface area contributed by atoms with Crippen LogP contribution in [-0.2, 0) is 11.2 Å². The lowest BCUT2D eigenvalue weighted by Gasteiger charge is -2.06. The first-order valence-electron chi connectivity index (χ1n) is 7.38. The van der Waals surface area contributed by atoms with Crippen molar-refractivity contribution >= 4 is 44.7 Å². The number of anilines is 1. The van der Waals surface area contributed by atoms with Gasteiger partial charge >= 0.3 is 5.97 Å². The summed E-state index contributed by atoms with van der Waals surface area (Å²) in [5.74, 6) is 0.480. The molecule has 1 N–H and O–H groups in total. The molecule has 23 heavy (non-hydrogen) atoms. The lowest BCUT2D eigenvalue weighted by atomic mass is 10.2. The van der Waals surface area contributed by atoms with E-state index in [2.05, 4.69) is 32.8 Å². The number of carbonyl (C=O) groups excluding carboxylic acids is 1. The molecular formula is C16H17N3O2S2. The van der Waals surface area contributed by atoms with E-state index in [1.807, 2.05) is 6.92 Å². The molecule has 0 bridgehead atoms. The predicted molar refractivity (Wildman–Crippen MR) is 94.6 cm³/mol. The van der Waals surface area contributed by atoms with Gasteiger partial charge in [0, 0.05) is 11.4 Å². The topological polar surface area (TPSA) is 64.1 Å². The Bertz CT molecular complexity index is 812. The van der Waals surface area contributed by atoms with Gasteiger partial charge in [-0.2, -0.15) is 0 Å². The molecule has 3 aromatic rings. The Labute approximate surface area is 142 Å². The number of hydrogen-bond donors (Lipinski definition) is 1. The van der Waals surface area contributed by atoms with E-state index in [4.69, 9.17) is 4.74 Å². The number of rotatable bonds is 6. The fourth-order valence-corrected chi connectivity index (χ4v) is 4.11. The van der Waals surface area contributed by atoms with E-state index in [9.17, 15) is 4.79 Å². The molecule has 3 heterocycles. The van der Waals surface area contributed by atoms with Gasteiger partial charge < -0.3 is 10.1 Å². The third kappa shape index (κ3) is 3.35. The number of esters is 1. The fraction of sp³-hybridized carbons (Fsp3) is 0.312. The van der Waals surface area contributed by atoms with Gasteiger partial charge in [-0.3, -0.25) is 0 Å². The van der Waals surface area contributed by atoms with Crippen LogP contribution in [0.2, 0.25) is 0 Å². The highest BCUT2D eigenvalue weighted by molar-refractivity contribution is 7.20. The Morgan fingerprint density at radius 1 is 1.39 bits per heavy atom. The van der Waals surface area contributed by atoms with Gasteiger partial charge in [-0.05, 0) is 37.3 Å². The van der Waals surface area contributed by atoms with Crippen LogP contribution in [-0.4, -0.2) is 29.1 Å². The van der Waals surface area contributed by atoms with E-state index in [-0.39, 0.29) is 5.97 Å². The van der Waals surface area contributed by atoms with Crippen molar-refractivity contribution in [3.63, 3.8) is 0 Å². The molecule has 0 aliphatic carbocycles. The van der Waals surface area contributed by atoms with Gasteiger partial charge in [-0.15, -0.1) is 22.7 Å². The first-order valence-corrected chi connectivity index (χ1v) is 9.07. The number of aryl methyl sites for hydroxylation is 1. The summed E-state index contributed by atoms with van der Waals surface area (Å²) in [5.41, 5.74) is 0.877. The van der Waals surface area contributed by atoms with Gasteiger partial charge in [0.15, 0.2) is 0 Å². The molecule has 0 radical (unpaired) electrons. The highest BCUT2D eigenvalue weighted by Gasteiger charge is 2.19. The zero-order valence-corrected chi connectivity index (χ0v) is 14.6. The third-order valence-electron chi connectivity index (χ3n) is 3.43. The van der Waals surface area contributed by atoms with Gasteiger partial charge in [0.05, 0.1) is 12.0 Å². The first-order chi connectivity index (χ1) is 11.2. The van der Waals surface area contributed by atoms with Crippen LogP contribution in [0.4, 0.5) is 5.82 Å². The number of nitrogens with zero attached hydrogens (tertiary/aromatic N) is 2. The first kappa shape index (κ1) is 15.9. The summed E-state index contributed by atoms with van der Waals surface area (Å²) in [6, 6.07) is 4.17. The molecular weight excluding hydrogens is 330 g/mol. The van der Waals surface area contributed by atoms with Gasteiger partial charge in [0.25, 0.3) is 0 Å². The Balaban J connectivity index is 1.84. The van der Waals surface area contributed by atoms with Crippen molar-refractivity contribution in [1.29, 1.82) is 0 Å². The third-order valence-corrected chi connectivity index (χ3v) is 5.55. The van der Waals surface area contributed by atoms with Crippen molar-refractivity contribution in [1.82, 2.24) is 9.97 Å². The SMILES string of the molecule is CCOC(=O)c1sc2ncnc(NCCc3cccs3)c2c1C. The van der Waals surface area contributed by atoms with Crippen LogP contribution in [0, 0.1) is 6.92 Å². The van der Waals surface area contributed by atoms with E-state index < -0.39 is 0 Å². The van der Waals surface area contributed by atoms with Crippen molar-refractivity contribution < 1.29 is 9.53 Å². The Kier molecular flexibility index (Phi) is 4.88. The second-order valence-electron chi connectivity index (χ2n) is 4.94. The second-order valence-corrected chi connectivity index (χ2v) is 6.97. The monoisotopic (exact) mass is 347 g/mol. The minimum absolute atomic E-state index is 0.294. The highest BCUT2D eigenvalue weighted by Crippen LogP contribution is 2.33. The normalized spacial score (nSPS) is 10.9. The molecule has 0 saturated carbocycles. The lowest BCUT2D eigenvalue weighted by Crippen LogP contribution is -2.07. The molecule has 0 saturated heterocycles. The van der Waals surface area contributed by atoms with Crippen molar-refractivity contribution in [2.24, 2.45) is 0 Å². The molecule has 0 spiro atoms. The lowest BCUT2D eigenvalue weighted by molar-refractivity contribution is 0.0531. The molecule has 120 valence electrons. The van der Waals surface area contributed by atoms with Gasteiger partial charge in [-0.1, -0.05) is 6.07 Å². The van der Waals surface area contributed by atoms with Crippen molar-refractivity contribution in [2.45, 2.75) is 20.3 Å².